The molecule has 4 atom stereocenters. The van der Waals surface area contributed by atoms with E-state index in [4.69, 9.17) is 4.74 Å². The number of fused-ring (bicyclic) bond motifs is 2. The Hall–Kier alpha value is -1.09. The maximum Gasteiger partial charge on any atom is 0.309 e. The van der Waals surface area contributed by atoms with Crippen molar-refractivity contribution in [1.82, 2.24) is 0 Å². The average molecular weight is 320 g/mol. The van der Waals surface area contributed by atoms with Crippen molar-refractivity contribution in [2.24, 2.45) is 11.8 Å². The van der Waals surface area contributed by atoms with E-state index in [2.05, 4.69) is 26.0 Å². The average Bonchev–Trinajstić information content (AvgIpc) is 2.47. The first-order valence-electron chi connectivity index (χ1n) is 9.03. The Labute approximate surface area is 140 Å². The Kier molecular flexibility index (Phi) is 6.07. The zero-order chi connectivity index (χ0) is 17.0. The summed E-state index contributed by atoms with van der Waals surface area (Å²) in [7, 11) is 0. The third kappa shape index (κ3) is 4.94. The van der Waals surface area contributed by atoms with Crippen molar-refractivity contribution in [3.63, 3.8) is 0 Å². The minimum absolute atomic E-state index is 0.0649. The molecule has 2 rings (SSSR count). The molecule has 0 aromatic heterocycles. The normalized spacial score (nSPS) is 37.3. The number of carbonyl (C=O) groups excluding carboxylic acids is 1. The van der Waals surface area contributed by atoms with Crippen molar-refractivity contribution < 1.29 is 14.6 Å². The van der Waals surface area contributed by atoms with E-state index in [0.29, 0.717) is 12.3 Å². The van der Waals surface area contributed by atoms with Crippen LogP contribution in [-0.2, 0) is 9.53 Å². The Morgan fingerprint density at radius 1 is 1.17 bits per heavy atom. The molecule has 0 radical (unpaired) electrons. The van der Waals surface area contributed by atoms with Crippen molar-refractivity contribution in [1.29, 1.82) is 0 Å². The fourth-order valence-electron chi connectivity index (χ4n) is 3.65. The van der Waals surface area contributed by atoms with Crippen molar-refractivity contribution in [2.45, 2.75) is 84.3 Å². The van der Waals surface area contributed by atoms with Crippen LogP contribution in [0.3, 0.4) is 0 Å². The largest absolute Gasteiger partial charge is 0.459 e. The first kappa shape index (κ1) is 18.3. The van der Waals surface area contributed by atoms with Gasteiger partial charge in [-0.05, 0) is 71.6 Å². The molecule has 3 heteroatoms. The van der Waals surface area contributed by atoms with Gasteiger partial charge in [0.2, 0.25) is 0 Å². The van der Waals surface area contributed by atoms with Crippen LogP contribution in [0.25, 0.3) is 0 Å². The highest BCUT2D eigenvalue weighted by molar-refractivity contribution is 5.73. The van der Waals surface area contributed by atoms with Gasteiger partial charge in [0.1, 0.15) is 6.10 Å². The predicted molar refractivity (Wildman–Crippen MR) is 93.0 cm³/mol. The maximum atomic E-state index is 12.2. The van der Waals surface area contributed by atoms with Gasteiger partial charge in [-0.15, -0.1) is 0 Å². The monoisotopic (exact) mass is 320 g/mol. The summed E-state index contributed by atoms with van der Waals surface area (Å²) in [4.78, 5) is 12.2. The second kappa shape index (κ2) is 7.65. The van der Waals surface area contributed by atoms with Gasteiger partial charge in [-0.25, -0.2) is 0 Å². The first-order valence-corrected chi connectivity index (χ1v) is 9.03. The molecule has 1 saturated heterocycles. The van der Waals surface area contributed by atoms with Crippen LogP contribution < -0.4 is 0 Å². The lowest BCUT2D eigenvalue weighted by molar-refractivity contribution is -0.184. The minimum atomic E-state index is -0.945. The Morgan fingerprint density at radius 2 is 1.83 bits per heavy atom. The van der Waals surface area contributed by atoms with E-state index in [0.717, 1.165) is 38.5 Å². The lowest BCUT2D eigenvalue weighted by atomic mass is 9.77. The van der Waals surface area contributed by atoms with E-state index in [1.165, 1.54) is 11.1 Å². The molecule has 1 aliphatic carbocycles. The molecule has 1 N–H and O–H groups in total. The van der Waals surface area contributed by atoms with Crippen molar-refractivity contribution in [3.05, 3.63) is 23.3 Å². The highest BCUT2D eigenvalue weighted by Gasteiger charge is 2.43. The van der Waals surface area contributed by atoms with Gasteiger partial charge in [0.25, 0.3) is 0 Å². The molecule has 1 aliphatic heterocycles. The van der Waals surface area contributed by atoms with Crippen molar-refractivity contribution in [3.8, 4) is 0 Å². The summed E-state index contributed by atoms with van der Waals surface area (Å²) >= 11 is 0. The van der Waals surface area contributed by atoms with Gasteiger partial charge >= 0.3 is 5.97 Å². The maximum absolute atomic E-state index is 12.2. The second-order valence-electron chi connectivity index (χ2n) is 7.78. The quantitative estimate of drug-likeness (QED) is 0.526. The van der Waals surface area contributed by atoms with Gasteiger partial charge in [0.05, 0.1) is 11.5 Å². The van der Waals surface area contributed by atoms with Gasteiger partial charge < -0.3 is 9.84 Å². The summed E-state index contributed by atoms with van der Waals surface area (Å²) in [6.45, 7) is 8.12. The topological polar surface area (TPSA) is 46.5 Å². The molecular weight excluding hydrogens is 288 g/mol. The fraction of sp³-hybridized carbons (Fsp3) is 0.750. The summed E-state index contributed by atoms with van der Waals surface area (Å²) in [5.41, 5.74) is 1.83. The highest BCUT2D eigenvalue weighted by Crippen LogP contribution is 2.37. The third-order valence-corrected chi connectivity index (χ3v) is 5.63. The summed E-state index contributed by atoms with van der Waals surface area (Å²) < 4.78 is 5.57. The predicted octanol–water partition coefficient (Wildman–Crippen LogP) is 4.55. The van der Waals surface area contributed by atoms with Crippen LogP contribution in [0.15, 0.2) is 23.3 Å². The standard InChI is InChI=1S/C20H32O3/c1-14-7-5-8-15(2)10-11-17-13-18(23-19(21)16(17)3)20(4,22)12-6-9-14/h8-9,16-18,22H,5-7,10-13H2,1-4H3/t16-,17+,18-,20+/m1/s1. The molecule has 2 aliphatic rings. The van der Waals surface area contributed by atoms with E-state index in [1.54, 1.807) is 0 Å². The van der Waals surface area contributed by atoms with Crippen molar-refractivity contribution >= 4 is 5.97 Å². The van der Waals surface area contributed by atoms with Crippen LogP contribution in [0.1, 0.15) is 72.6 Å². The number of carbonyl (C=O) groups is 1. The molecule has 3 nitrogen and oxygen atoms in total. The van der Waals surface area contributed by atoms with Gasteiger partial charge in [-0.3, -0.25) is 4.79 Å². The Morgan fingerprint density at radius 3 is 2.57 bits per heavy atom. The van der Waals surface area contributed by atoms with E-state index >= 15 is 0 Å². The minimum Gasteiger partial charge on any atom is -0.459 e. The fourth-order valence-corrected chi connectivity index (χ4v) is 3.65. The zero-order valence-electron chi connectivity index (χ0n) is 15.1. The molecule has 0 aromatic carbocycles. The number of ether oxygens (including phenoxy) is 1. The number of hydrogen-bond donors (Lipinski definition) is 1. The number of rotatable bonds is 0. The van der Waals surface area contributed by atoms with Gasteiger partial charge in [-0.2, -0.15) is 0 Å². The van der Waals surface area contributed by atoms with Crippen LogP contribution in [0.4, 0.5) is 0 Å². The molecule has 1 fully saturated rings. The second-order valence-corrected chi connectivity index (χ2v) is 7.78. The van der Waals surface area contributed by atoms with Crippen LogP contribution in [0.2, 0.25) is 0 Å². The molecule has 130 valence electrons. The molecule has 0 saturated carbocycles. The third-order valence-electron chi connectivity index (χ3n) is 5.63. The molecule has 0 amide bonds. The lowest BCUT2D eigenvalue weighted by Crippen LogP contribution is -2.49. The Balaban J connectivity index is 2.19. The molecule has 0 unspecified atom stereocenters. The summed E-state index contributed by atoms with van der Waals surface area (Å²) in [6, 6.07) is 0. The van der Waals surface area contributed by atoms with E-state index in [1.807, 2.05) is 13.8 Å². The summed E-state index contributed by atoms with van der Waals surface area (Å²) in [6.07, 6.45) is 10.6. The SMILES string of the molecule is CC1=CCC[C@](C)(O)[C@H]2C[C@H](CCC(C)=CCC1)[C@@H](C)C(=O)O2. The highest BCUT2D eigenvalue weighted by atomic mass is 16.6. The van der Waals surface area contributed by atoms with Crippen LogP contribution in [-0.4, -0.2) is 22.8 Å². The number of esters is 1. The number of aliphatic hydroxyl groups is 1. The number of hydrogen-bond acceptors (Lipinski definition) is 3. The van der Waals surface area contributed by atoms with Gasteiger partial charge in [0.15, 0.2) is 0 Å². The smallest absolute Gasteiger partial charge is 0.309 e. The van der Waals surface area contributed by atoms with E-state index < -0.39 is 5.60 Å². The molecule has 1 heterocycles. The summed E-state index contributed by atoms with van der Waals surface area (Å²) in [5, 5.41) is 10.8. The zero-order valence-corrected chi connectivity index (χ0v) is 15.1. The molecule has 23 heavy (non-hydrogen) atoms. The lowest BCUT2D eigenvalue weighted by Gasteiger charge is -2.40. The van der Waals surface area contributed by atoms with E-state index in [-0.39, 0.29) is 18.0 Å². The summed E-state index contributed by atoms with van der Waals surface area (Å²) in [5.74, 6) is 0.0909. The first-order chi connectivity index (χ1) is 10.8. The van der Waals surface area contributed by atoms with Crippen LogP contribution in [0.5, 0.6) is 0 Å². The van der Waals surface area contributed by atoms with Gasteiger partial charge in [0, 0.05) is 0 Å². The van der Waals surface area contributed by atoms with Crippen LogP contribution in [0, 0.1) is 11.8 Å². The number of allylic oxidation sites excluding steroid dienone is 4. The molecular formula is C20H32O3. The molecule has 2 bridgehead atoms. The van der Waals surface area contributed by atoms with E-state index in [9.17, 15) is 9.90 Å². The Bertz CT molecular complexity index is 487. The molecule has 0 spiro atoms. The molecule has 0 aromatic rings. The van der Waals surface area contributed by atoms with Crippen molar-refractivity contribution in [2.75, 3.05) is 0 Å². The van der Waals surface area contributed by atoms with Crippen LogP contribution >= 0.6 is 0 Å². The van der Waals surface area contributed by atoms with Gasteiger partial charge in [-0.1, -0.05) is 30.2 Å².